The Kier molecular flexibility index (Phi) is 7.39. The first-order chi connectivity index (χ1) is 15.9. The smallest absolute Gasteiger partial charge is 0.277 e. The quantitative estimate of drug-likeness (QED) is 0.335. The molecule has 33 heavy (non-hydrogen) atoms. The number of ether oxygens (including phenoxy) is 2. The summed E-state index contributed by atoms with van der Waals surface area (Å²) in [6, 6.07) is 12.3. The molecule has 0 radical (unpaired) electrons. The highest BCUT2D eigenvalue weighted by atomic mass is 79.9. The molecule has 1 aliphatic carbocycles. The maximum absolute atomic E-state index is 13.3. The van der Waals surface area contributed by atoms with Gasteiger partial charge < -0.3 is 14.4 Å². The van der Waals surface area contributed by atoms with E-state index < -0.39 is 0 Å². The van der Waals surface area contributed by atoms with Gasteiger partial charge in [0.05, 0.1) is 11.6 Å². The number of likely N-dealkylation sites (N-methyl/N-ethyl adjacent to an activating group) is 1. The van der Waals surface area contributed by atoms with Crippen molar-refractivity contribution in [2.75, 3.05) is 14.2 Å². The number of methoxy groups -OCH3 is 1. The van der Waals surface area contributed by atoms with Crippen LogP contribution in [0.25, 0.3) is 6.08 Å². The van der Waals surface area contributed by atoms with Crippen molar-refractivity contribution in [1.82, 2.24) is 9.80 Å². The molecule has 1 saturated heterocycles. The molecule has 7 heteroatoms. The number of hydrogen-bond donors (Lipinski definition) is 0. The number of amides is 1. The van der Waals surface area contributed by atoms with E-state index in [1.165, 1.54) is 12.0 Å². The van der Waals surface area contributed by atoms with Crippen molar-refractivity contribution in [2.45, 2.75) is 51.7 Å². The van der Waals surface area contributed by atoms with Gasteiger partial charge in [-0.2, -0.15) is 0 Å². The Labute approximate surface area is 209 Å². The van der Waals surface area contributed by atoms with E-state index in [-0.39, 0.29) is 11.9 Å². The van der Waals surface area contributed by atoms with Crippen molar-refractivity contribution < 1.29 is 14.3 Å². The third kappa shape index (κ3) is 5.09. The Morgan fingerprint density at radius 2 is 1.85 bits per heavy atom. The summed E-state index contributed by atoms with van der Waals surface area (Å²) >= 11 is 9.26. The molecule has 0 spiro atoms. The predicted molar refractivity (Wildman–Crippen MR) is 138 cm³/mol. The van der Waals surface area contributed by atoms with Crippen molar-refractivity contribution >= 4 is 45.2 Å². The fourth-order valence-corrected chi connectivity index (χ4v) is 5.30. The minimum Gasteiger partial charge on any atom is -0.493 e. The fraction of sp³-hybridized carbons (Fsp3) is 0.385. The largest absolute Gasteiger partial charge is 0.493 e. The van der Waals surface area contributed by atoms with Gasteiger partial charge in [0.1, 0.15) is 12.3 Å². The molecule has 5 nitrogen and oxygen atoms in total. The van der Waals surface area contributed by atoms with E-state index >= 15 is 0 Å². The first-order valence-electron chi connectivity index (χ1n) is 11.3. The molecule has 0 atom stereocenters. The molecule has 1 amide bonds. The SMILES string of the molecule is COc1cc(/C=C2/C(=O)N(C3CCCCC3)C(=S)N2C)cc(Br)c1OCc1ccc(C)cc1. The minimum absolute atomic E-state index is 0.0239. The number of hydrogen-bond acceptors (Lipinski definition) is 4. The molecule has 1 heterocycles. The molecule has 0 unspecified atom stereocenters. The third-order valence-corrected chi connectivity index (χ3v) is 7.35. The maximum Gasteiger partial charge on any atom is 0.277 e. The molecule has 2 fully saturated rings. The molecule has 4 rings (SSSR count). The van der Waals surface area contributed by atoms with E-state index in [0.29, 0.717) is 28.9 Å². The van der Waals surface area contributed by atoms with Gasteiger partial charge in [-0.1, -0.05) is 49.1 Å². The molecular weight excluding hydrogens is 500 g/mol. The number of nitrogens with zero attached hydrogens (tertiary/aromatic N) is 2. The number of carbonyl (C=O) groups excluding carboxylic acids is 1. The second-order valence-electron chi connectivity index (χ2n) is 8.65. The molecule has 0 N–H and O–H groups in total. The van der Waals surface area contributed by atoms with Crippen LogP contribution in [0.3, 0.4) is 0 Å². The fourth-order valence-electron chi connectivity index (χ4n) is 4.40. The van der Waals surface area contributed by atoms with Crippen molar-refractivity contribution in [2.24, 2.45) is 0 Å². The normalized spacial score (nSPS) is 18.4. The number of halogens is 1. The lowest BCUT2D eigenvalue weighted by atomic mass is 9.94. The first-order valence-corrected chi connectivity index (χ1v) is 12.5. The van der Waals surface area contributed by atoms with Gasteiger partial charge in [0, 0.05) is 13.1 Å². The van der Waals surface area contributed by atoms with Crippen LogP contribution in [0.1, 0.15) is 48.8 Å². The summed E-state index contributed by atoms with van der Waals surface area (Å²) in [4.78, 5) is 16.9. The van der Waals surface area contributed by atoms with Crippen LogP contribution in [0.15, 0.2) is 46.6 Å². The van der Waals surface area contributed by atoms with Crippen molar-refractivity contribution in [3.63, 3.8) is 0 Å². The summed E-state index contributed by atoms with van der Waals surface area (Å²) in [5.74, 6) is 1.21. The molecule has 0 bridgehead atoms. The Bertz CT molecular complexity index is 1080. The van der Waals surface area contributed by atoms with Gasteiger partial charge in [-0.3, -0.25) is 9.69 Å². The number of carbonyl (C=O) groups is 1. The molecule has 174 valence electrons. The van der Waals surface area contributed by atoms with E-state index in [4.69, 9.17) is 21.7 Å². The van der Waals surface area contributed by atoms with Gasteiger partial charge in [-0.25, -0.2) is 0 Å². The van der Waals surface area contributed by atoms with Gasteiger partial charge in [-0.15, -0.1) is 0 Å². The van der Waals surface area contributed by atoms with E-state index in [2.05, 4.69) is 47.1 Å². The van der Waals surface area contributed by atoms with E-state index in [9.17, 15) is 4.79 Å². The van der Waals surface area contributed by atoms with Crippen molar-refractivity contribution in [3.05, 3.63) is 63.3 Å². The zero-order valence-corrected chi connectivity index (χ0v) is 21.7. The average Bonchev–Trinajstić information content (AvgIpc) is 3.02. The second-order valence-corrected chi connectivity index (χ2v) is 9.87. The summed E-state index contributed by atoms with van der Waals surface area (Å²) in [6.07, 6.45) is 7.42. The Morgan fingerprint density at radius 3 is 2.52 bits per heavy atom. The highest BCUT2D eigenvalue weighted by Gasteiger charge is 2.40. The highest BCUT2D eigenvalue weighted by molar-refractivity contribution is 9.10. The summed E-state index contributed by atoms with van der Waals surface area (Å²) in [7, 11) is 3.48. The molecule has 2 aliphatic rings. The molecule has 1 aliphatic heterocycles. The molecule has 0 aromatic heterocycles. The maximum atomic E-state index is 13.3. The number of thiocarbonyl (C=S) groups is 1. The van der Waals surface area contributed by atoms with Crippen LogP contribution in [-0.4, -0.2) is 41.0 Å². The van der Waals surface area contributed by atoms with E-state index in [1.54, 1.807) is 7.11 Å². The Balaban J connectivity index is 1.57. The van der Waals surface area contributed by atoms with Crippen LogP contribution in [0.2, 0.25) is 0 Å². The van der Waals surface area contributed by atoms with Crippen molar-refractivity contribution in [1.29, 1.82) is 0 Å². The Hall–Kier alpha value is -2.38. The van der Waals surface area contributed by atoms with Gasteiger partial charge in [-0.05, 0) is 77.2 Å². The summed E-state index contributed by atoms with van der Waals surface area (Å²) in [6.45, 7) is 2.49. The standard InChI is InChI=1S/C26H29BrN2O3S/c1-17-9-11-18(12-10-17)16-32-24-21(27)13-19(15-23(24)31-3)14-22-25(30)29(26(33)28(22)2)20-7-5-4-6-8-20/h9-15,20H,4-8,16H2,1-3H3/b22-14-. The zero-order chi connectivity index (χ0) is 23.5. The van der Waals surface area contributed by atoms with Gasteiger partial charge in [0.15, 0.2) is 16.6 Å². The summed E-state index contributed by atoms with van der Waals surface area (Å²) in [5.41, 5.74) is 3.70. The van der Waals surface area contributed by atoms with Gasteiger partial charge >= 0.3 is 0 Å². The first kappa shape index (κ1) is 23.8. The minimum atomic E-state index is -0.0239. The molecule has 2 aromatic carbocycles. The monoisotopic (exact) mass is 528 g/mol. The molecule has 2 aromatic rings. The number of benzene rings is 2. The van der Waals surface area contributed by atoms with Crippen LogP contribution in [-0.2, 0) is 11.4 Å². The highest BCUT2D eigenvalue weighted by Crippen LogP contribution is 2.38. The number of rotatable bonds is 6. The lowest BCUT2D eigenvalue weighted by Crippen LogP contribution is -2.41. The summed E-state index contributed by atoms with van der Waals surface area (Å²) < 4.78 is 12.4. The van der Waals surface area contributed by atoms with E-state index in [0.717, 1.165) is 41.3 Å². The van der Waals surface area contributed by atoms with Crippen LogP contribution in [0, 0.1) is 6.92 Å². The lowest BCUT2D eigenvalue weighted by molar-refractivity contribution is -0.124. The second kappa shape index (κ2) is 10.3. The zero-order valence-electron chi connectivity index (χ0n) is 19.3. The van der Waals surface area contributed by atoms with E-state index in [1.807, 2.05) is 35.1 Å². The van der Waals surface area contributed by atoms with Crippen molar-refractivity contribution in [3.8, 4) is 11.5 Å². The Morgan fingerprint density at radius 1 is 1.15 bits per heavy atom. The third-order valence-electron chi connectivity index (χ3n) is 6.29. The van der Waals surface area contributed by atoms with Gasteiger partial charge in [0.25, 0.3) is 5.91 Å². The van der Waals surface area contributed by atoms with Crippen LogP contribution in [0.5, 0.6) is 11.5 Å². The van der Waals surface area contributed by atoms with Crippen LogP contribution in [0.4, 0.5) is 0 Å². The average molecular weight is 530 g/mol. The van der Waals surface area contributed by atoms with Crippen LogP contribution < -0.4 is 9.47 Å². The van der Waals surface area contributed by atoms with Crippen LogP contribution >= 0.6 is 28.1 Å². The van der Waals surface area contributed by atoms with Gasteiger partial charge in [0.2, 0.25) is 0 Å². The molecular formula is C26H29BrN2O3S. The topological polar surface area (TPSA) is 42.0 Å². The lowest BCUT2D eigenvalue weighted by Gasteiger charge is -2.30. The number of aryl methyl sites for hydroxylation is 1. The molecule has 1 saturated carbocycles. The predicted octanol–water partition coefficient (Wildman–Crippen LogP) is 6.08. The summed E-state index contributed by atoms with van der Waals surface area (Å²) in [5, 5.41) is 0.585.